The standard InChI is InChI=1S/C14H12ClF3N4O/c15-10-3-2-8(6-9(10)14(16,17)18)19-13(23)7-1-4-11-12(5-7)21-22-20-11/h2-3,6-7H,1,4-5H2,(H,19,23)(H,20,21,22). The van der Waals surface area contributed by atoms with Crippen molar-refractivity contribution in [1.82, 2.24) is 15.4 Å². The summed E-state index contributed by atoms with van der Waals surface area (Å²) in [6, 6.07) is 3.31. The van der Waals surface area contributed by atoms with Crippen molar-refractivity contribution in [2.24, 2.45) is 5.92 Å². The van der Waals surface area contributed by atoms with Crippen molar-refractivity contribution in [3.63, 3.8) is 0 Å². The Bertz CT molecular complexity index is 744. The average molecular weight is 345 g/mol. The second kappa shape index (κ2) is 5.84. The zero-order valence-corrected chi connectivity index (χ0v) is 12.5. The Morgan fingerprint density at radius 3 is 2.78 bits per heavy atom. The van der Waals surface area contributed by atoms with Gasteiger partial charge in [-0.1, -0.05) is 11.6 Å². The lowest BCUT2D eigenvalue weighted by Crippen LogP contribution is -2.28. The second-order valence-electron chi connectivity index (χ2n) is 5.34. The Morgan fingerprint density at radius 2 is 2.04 bits per heavy atom. The van der Waals surface area contributed by atoms with E-state index in [2.05, 4.69) is 20.7 Å². The highest BCUT2D eigenvalue weighted by Crippen LogP contribution is 2.36. The van der Waals surface area contributed by atoms with Crippen LogP contribution in [0.1, 0.15) is 23.4 Å². The van der Waals surface area contributed by atoms with Crippen molar-refractivity contribution in [3.05, 3.63) is 40.2 Å². The molecule has 0 fully saturated rings. The summed E-state index contributed by atoms with van der Waals surface area (Å²) >= 11 is 5.56. The maximum atomic E-state index is 12.8. The zero-order valence-electron chi connectivity index (χ0n) is 11.7. The number of aromatic nitrogens is 3. The van der Waals surface area contributed by atoms with Gasteiger partial charge >= 0.3 is 6.18 Å². The fraction of sp³-hybridized carbons (Fsp3) is 0.357. The molecule has 1 heterocycles. The highest BCUT2D eigenvalue weighted by Gasteiger charge is 2.34. The molecule has 1 aliphatic carbocycles. The first-order chi connectivity index (χ1) is 10.8. The van der Waals surface area contributed by atoms with Crippen LogP contribution in [0.5, 0.6) is 0 Å². The van der Waals surface area contributed by atoms with Gasteiger partial charge in [-0.3, -0.25) is 4.79 Å². The highest BCUT2D eigenvalue weighted by molar-refractivity contribution is 6.31. The van der Waals surface area contributed by atoms with Crippen LogP contribution in [-0.2, 0) is 23.8 Å². The topological polar surface area (TPSA) is 70.7 Å². The summed E-state index contributed by atoms with van der Waals surface area (Å²) < 4.78 is 38.5. The van der Waals surface area contributed by atoms with Gasteiger partial charge in [0.15, 0.2) is 0 Å². The molecular formula is C14H12ClF3N4O. The van der Waals surface area contributed by atoms with Gasteiger partial charge in [0, 0.05) is 18.0 Å². The number of anilines is 1. The molecule has 0 saturated carbocycles. The quantitative estimate of drug-likeness (QED) is 0.878. The lowest BCUT2D eigenvalue weighted by Gasteiger charge is -2.20. The van der Waals surface area contributed by atoms with Crippen molar-refractivity contribution < 1.29 is 18.0 Å². The number of fused-ring (bicyclic) bond motifs is 1. The third-order valence-corrected chi connectivity index (χ3v) is 4.11. The van der Waals surface area contributed by atoms with Crippen LogP contribution in [0.15, 0.2) is 18.2 Å². The van der Waals surface area contributed by atoms with Crippen LogP contribution in [0, 0.1) is 5.92 Å². The van der Waals surface area contributed by atoms with Gasteiger partial charge in [0.25, 0.3) is 0 Å². The van der Waals surface area contributed by atoms with Crippen molar-refractivity contribution in [2.75, 3.05) is 5.32 Å². The number of carbonyl (C=O) groups is 1. The van der Waals surface area contributed by atoms with E-state index < -0.39 is 16.8 Å². The van der Waals surface area contributed by atoms with E-state index in [0.29, 0.717) is 19.3 Å². The summed E-state index contributed by atoms with van der Waals surface area (Å²) in [4.78, 5) is 12.3. The van der Waals surface area contributed by atoms with Crippen LogP contribution >= 0.6 is 11.6 Å². The summed E-state index contributed by atoms with van der Waals surface area (Å²) in [6.45, 7) is 0. The van der Waals surface area contributed by atoms with E-state index in [9.17, 15) is 18.0 Å². The van der Waals surface area contributed by atoms with Gasteiger partial charge < -0.3 is 5.32 Å². The summed E-state index contributed by atoms with van der Waals surface area (Å²) in [7, 11) is 0. The molecule has 1 aliphatic rings. The molecule has 2 aromatic rings. The number of hydrogen-bond donors (Lipinski definition) is 2. The highest BCUT2D eigenvalue weighted by atomic mass is 35.5. The number of H-pyrrole nitrogens is 1. The second-order valence-corrected chi connectivity index (χ2v) is 5.75. The summed E-state index contributed by atoms with van der Waals surface area (Å²) in [5.41, 5.74) is 0.653. The van der Waals surface area contributed by atoms with Gasteiger partial charge in [-0.15, -0.1) is 0 Å². The largest absolute Gasteiger partial charge is 0.417 e. The minimum absolute atomic E-state index is 0.0673. The minimum atomic E-state index is -4.57. The summed E-state index contributed by atoms with van der Waals surface area (Å²) in [5, 5.41) is 12.6. The summed E-state index contributed by atoms with van der Waals surface area (Å²) in [6.07, 6.45) is -2.97. The monoisotopic (exact) mass is 344 g/mol. The fourth-order valence-electron chi connectivity index (χ4n) is 2.57. The molecule has 1 unspecified atom stereocenters. The number of carbonyl (C=O) groups excluding carboxylic acids is 1. The van der Waals surface area contributed by atoms with Crippen molar-refractivity contribution >= 4 is 23.2 Å². The molecule has 0 aliphatic heterocycles. The number of aromatic amines is 1. The molecule has 1 amide bonds. The number of alkyl halides is 3. The SMILES string of the molecule is O=C(Nc1ccc(Cl)c(C(F)(F)F)c1)C1CCc2n[nH]nc2C1. The molecule has 1 aromatic carbocycles. The lowest BCUT2D eigenvalue weighted by molar-refractivity contribution is -0.137. The van der Waals surface area contributed by atoms with Crippen molar-refractivity contribution in [3.8, 4) is 0 Å². The third-order valence-electron chi connectivity index (χ3n) is 3.78. The molecule has 1 aromatic heterocycles. The molecule has 5 nitrogen and oxygen atoms in total. The van der Waals surface area contributed by atoms with Gasteiger partial charge in [0.2, 0.25) is 5.91 Å². The molecule has 0 spiro atoms. The van der Waals surface area contributed by atoms with Crippen LogP contribution < -0.4 is 5.32 Å². The van der Waals surface area contributed by atoms with Crippen LogP contribution in [0.4, 0.5) is 18.9 Å². The van der Waals surface area contributed by atoms with E-state index in [1.807, 2.05) is 0 Å². The van der Waals surface area contributed by atoms with Crippen LogP contribution in [-0.4, -0.2) is 21.3 Å². The minimum Gasteiger partial charge on any atom is -0.326 e. The normalized spacial score (nSPS) is 17.7. The predicted molar refractivity (Wildman–Crippen MR) is 77.0 cm³/mol. The first-order valence-corrected chi connectivity index (χ1v) is 7.28. The Balaban J connectivity index is 1.74. The van der Waals surface area contributed by atoms with Crippen molar-refractivity contribution in [2.45, 2.75) is 25.4 Å². The number of benzene rings is 1. The number of rotatable bonds is 2. The van der Waals surface area contributed by atoms with Crippen LogP contribution in [0.2, 0.25) is 5.02 Å². The zero-order chi connectivity index (χ0) is 16.6. The van der Waals surface area contributed by atoms with Gasteiger partial charge in [-0.25, -0.2) is 0 Å². The Morgan fingerprint density at radius 1 is 1.30 bits per heavy atom. The van der Waals surface area contributed by atoms with E-state index in [0.717, 1.165) is 23.5 Å². The Labute approximate surface area is 134 Å². The number of halogens is 4. The number of amides is 1. The maximum Gasteiger partial charge on any atom is 0.417 e. The van der Waals surface area contributed by atoms with Crippen LogP contribution in [0.3, 0.4) is 0 Å². The van der Waals surface area contributed by atoms with Gasteiger partial charge in [0.1, 0.15) is 0 Å². The first kappa shape index (κ1) is 15.8. The lowest BCUT2D eigenvalue weighted by atomic mass is 9.89. The van der Waals surface area contributed by atoms with Gasteiger partial charge in [-0.2, -0.15) is 28.6 Å². The van der Waals surface area contributed by atoms with E-state index in [1.54, 1.807) is 0 Å². The summed E-state index contributed by atoms with van der Waals surface area (Å²) in [5.74, 6) is -0.688. The molecular weight excluding hydrogens is 333 g/mol. The number of hydrogen-bond acceptors (Lipinski definition) is 3. The molecule has 122 valence electrons. The smallest absolute Gasteiger partial charge is 0.326 e. The Kier molecular flexibility index (Phi) is 4.01. The van der Waals surface area contributed by atoms with Gasteiger partial charge in [-0.05, 0) is 31.0 Å². The van der Waals surface area contributed by atoms with E-state index >= 15 is 0 Å². The molecule has 0 radical (unpaired) electrons. The van der Waals surface area contributed by atoms with Gasteiger partial charge in [0.05, 0.1) is 22.0 Å². The number of nitrogens with one attached hydrogen (secondary N) is 2. The molecule has 9 heteroatoms. The van der Waals surface area contributed by atoms with E-state index in [1.165, 1.54) is 6.07 Å². The maximum absolute atomic E-state index is 12.8. The molecule has 23 heavy (non-hydrogen) atoms. The van der Waals surface area contributed by atoms with E-state index in [4.69, 9.17) is 11.6 Å². The van der Waals surface area contributed by atoms with Crippen LogP contribution in [0.25, 0.3) is 0 Å². The average Bonchev–Trinajstić information content (AvgIpc) is 2.95. The fourth-order valence-corrected chi connectivity index (χ4v) is 2.80. The third kappa shape index (κ3) is 3.31. The number of aryl methyl sites for hydroxylation is 1. The molecule has 0 bridgehead atoms. The molecule has 1 atom stereocenters. The predicted octanol–water partition coefficient (Wildman–Crippen LogP) is 3.22. The number of nitrogens with zero attached hydrogens (tertiary/aromatic N) is 2. The van der Waals surface area contributed by atoms with Crippen molar-refractivity contribution in [1.29, 1.82) is 0 Å². The first-order valence-electron chi connectivity index (χ1n) is 6.90. The molecule has 3 rings (SSSR count). The van der Waals surface area contributed by atoms with E-state index in [-0.39, 0.29) is 17.5 Å². The Hall–Kier alpha value is -2.09. The molecule has 2 N–H and O–H groups in total. The molecule has 0 saturated heterocycles.